The van der Waals surface area contributed by atoms with Crippen LogP contribution < -0.4 is 0 Å². The van der Waals surface area contributed by atoms with Crippen LogP contribution in [-0.2, 0) is 4.79 Å². The van der Waals surface area contributed by atoms with Gasteiger partial charge in [-0.2, -0.15) is 0 Å². The van der Waals surface area contributed by atoms with Crippen LogP contribution in [0.15, 0.2) is 0 Å². The Morgan fingerprint density at radius 2 is 2.17 bits per heavy atom. The lowest BCUT2D eigenvalue weighted by molar-refractivity contribution is -0.148. The van der Waals surface area contributed by atoms with Crippen LogP contribution in [0.5, 0.6) is 0 Å². The van der Waals surface area contributed by atoms with Crippen LogP contribution in [0.25, 0.3) is 0 Å². The highest BCUT2D eigenvalue weighted by atomic mass is 16.4. The van der Waals surface area contributed by atoms with E-state index in [0.717, 1.165) is 6.54 Å². The summed E-state index contributed by atoms with van der Waals surface area (Å²) in [5, 5.41) is 17.9. The third-order valence-electron chi connectivity index (χ3n) is 2.10. The maximum absolute atomic E-state index is 10.5. The summed E-state index contributed by atoms with van der Waals surface area (Å²) in [6.45, 7) is 1.24. The van der Waals surface area contributed by atoms with Crippen molar-refractivity contribution in [3.8, 4) is 0 Å². The molecule has 4 N–H and O–H groups in total. The van der Waals surface area contributed by atoms with Crippen molar-refractivity contribution in [3.63, 3.8) is 0 Å². The summed E-state index contributed by atoms with van der Waals surface area (Å²) in [5.74, 6) is -1.50. The smallest absolute Gasteiger partial charge is 0.310 e. The van der Waals surface area contributed by atoms with Gasteiger partial charge in [0.05, 0.1) is 12.0 Å². The summed E-state index contributed by atoms with van der Waals surface area (Å²) < 4.78 is 0. The number of hydrogen-bond acceptors (Lipinski definition) is 3. The molecule has 72 valence electrons. The number of nitrogens with zero attached hydrogens (tertiary/aromatic N) is 1. The van der Waals surface area contributed by atoms with Gasteiger partial charge in [0, 0.05) is 13.1 Å². The minimum atomic E-state index is -0.899. The molecule has 5 heteroatoms. The standard InChI is InChI=1S/C7H13NO3.H2O/c1-8-3-2-6(9)5(4-8)7(10)11;/h5-6,9H,2-4H2,1H3,(H,10,11);1H2/t5-,6-;/m1./s1. The number of likely N-dealkylation sites (tertiary alicyclic amines) is 1. The molecule has 0 aromatic rings. The lowest BCUT2D eigenvalue weighted by Crippen LogP contribution is -2.44. The van der Waals surface area contributed by atoms with Crippen molar-refractivity contribution in [2.45, 2.75) is 12.5 Å². The zero-order valence-corrected chi connectivity index (χ0v) is 7.03. The SMILES string of the molecule is CN1CC[C@@H](O)[C@H](C(=O)O)C1.O. The van der Waals surface area contributed by atoms with Crippen LogP contribution in [0.2, 0.25) is 0 Å². The summed E-state index contributed by atoms with van der Waals surface area (Å²) in [5.41, 5.74) is 0. The average molecular weight is 177 g/mol. The zero-order chi connectivity index (χ0) is 8.43. The molecule has 0 spiro atoms. The van der Waals surface area contributed by atoms with Crippen LogP contribution in [0.4, 0.5) is 0 Å². The molecule has 0 aliphatic carbocycles. The maximum Gasteiger partial charge on any atom is 0.310 e. The fourth-order valence-electron chi connectivity index (χ4n) is 1.35. The highest BCUT2D eigenvalue weighted by molar-refractivity contribution is 5.71. The molecule has 12 heavy (non-hydrogen) atoms. The molecule has 1 fully saturated rings. The quantitative estimate of drug-likeness (QED) is 0.513. The van der Waals surface area contributed by atoms with E-state index in [1.165, 1.54) is 0 Å². The molecule has 0 bridgehead atoms. The van der Waals surface area contributed by atoms with Gasteiger partial charge in [-0.05, 0) is 13.5 Å². The summed E-state index contributed by atoms with van der Waals surface area (Å²) in [4.78, 5) is 12.4. The molecular weight excluding hydrogens is 162 g/mol. The summed E-state index contributed by atoms with van der Waals surface area (Å²) in [7, 11) is 1.86. The lowest BCUT2D eigenvalue weighted by atomic mass is 9.95. The summed E-state index contributed by atoms with van der Waals surface area (Å²) >= 11 is 0. The molecule has 1 aliphatic heterocycles. The van der Waals surface area contributed by atoms with Gasteiger partial charge in [-0.3, -0.25) is 4.79 Å². The van der Waals surface area contributed by atoms with E-state index < -0.39 is 18.0 Å². The van der Waals surface area contributed by atoms with Crippen molar-refractivity contribution in [2.75, 3.05) is 20.1 Å². The molecule has 0 amide bonds. The van der Waals surface area contributed by atoms with E-state index >= 15 is 0 Å². The monoisotopic (exact) mass is 177 g/mol. The Labute approximate surface area is 70.9 Å². The van der Waals surface area contributed by atoms with Crippen molar-refractivity contribution < 1.29 is 20.5 Å². The number of hydrogen-bond donors (Lipinski definition) is 2. The minimum Gasteiger partial charge on any atom is -0.481 e. The first-order valence-electron chi connectivity index (χ1n) is 3.70. The van der Waals surface area contributed by atoms with Gasteiger partial charge >= 0.3 is 5.97 Å². The van der Waals surface area contributed by atoms with E-state index in [4.69, 9.17) is 5.11 Å². The summed E-state index contributed by atoms with van der Waals surface area (Å²) in [6, 6.07) is 0. The van der Waals surface area contributed by atoms with Crippen molar-refractivity contribution in [1.29, 1.82) is 0 Å². The van der Waals surface area contributed by atoms with E-state index in [1.807, 2.05) is 11.9 Å². The number of aliphatic carboxylic acids is 1. The van der Waals surface area contributed by atoms with E-state index in [2.05, 4.69) is 0 Å². The minimum absolute atomic E-state index is 0. The number of aliphatic hydroxyl groups is 1. The maximum atomic E-state index is 10.5. The molecule has 0 aromatic carbocycles. The normalized spacial score (nSPS) is 30.8. The van der Waals surface area contributed by atoms with Crippen LogP contribution in [0.1, 0.15) is 6.42 Å². The third kappa shape index (κ3) is 2.44. The number of carboxylic acids is 1. The number of carbonyl (C=O) groups is 1. The molecular formula is C7H15NO4. The van der Waals surface area contributed by atoms with Crippen LogP contribution in [-0.4, -0.2) is 52.8 Å². The largest absolute Gasteiger partial charge is 0.481 e. The van der Waals surface area contributed by atoms with E-state index in [-0.39, 0.29) is 5.48 Å². The van der Waals surface area contributed by atoms with Gasteiger partial charge in [-0.1, -0.05) is 0 Å². The highest BCUT2D eigenvalue weighted by Crippen LogP contribution is 2.15. The number of carboxylic acid groups (broad SMARTS) is 1. The van der Waals surface area contributed by atoms with E-state index in [0.29, 0.717) is 13.0 Å². The van der Waals surface area contributed by atoms with Crippen molar-refractivity contribution in [3.05, 3.63) is 0 Å². The predicted octanol–water partition coefficient (Wildman–Crippen LogP) is -1.44. The van der Waals surface area contributed by atoms with Crippen molar-refractivity contribution >= 4 is 5.97 Å². The van der Waals surface area contributed by atoms with Crippen LogP contribution in [0.3, 0.4) is 0 Å². The molecule has 2 atom stereocenters. The van der Waals surface area contributed by atoms with Crippen LogP contribution >= 0.6 is 0 Å². The Hall–Kier alpha value is -0.650. The first-order valence-corrected chi connectivity index (χ1v) is 3.70. The van der Waals surface area contributed by atoms with Gasteiger partial charge in [0.25, 0.3) is 0 Å². The second kappa shape index (κ2) is 4.39. The molecule has 1 rings (SSSR count). The molecule has 1 saturated heterocycles. The van der Waals surface area contributed by atoms with Gasteiger partial charge in [-0.15, -0.1) is 0 Å². The molecule has 0 radical (unpaired) electrons. The van der Waals surface area contributed by atoms with Gasteiger partial charge in [0.15, 0.2) is 0 Å². The van der Waals surface area contributed by atoms with E-state index in [9.17, 15) is 9.90 Å². The van der Waals surface area contributed by atoms with Crippen molar-refractivity contribution in [2.24, 2.45) is 5.92 Å². The second-order valence-corrected chi connectivity index (χ2v) is 3.06. The van der Waals surface area contributed by atoms with Gasteiger partial charge in [0.2, 0.25) is 0 Å². The van der Waals surface area contributed by atoms with Gasteiger partial charge < -0.3 is 20.6 Å². The fourth-order valence-corrected chi connectivity index (χ4v) is 1.35. The predicted molar refractivity (Wildman–Crippen MR) is 42.9 cm³/mol. The average Bonchev–Trinajstić information content (AvgIpc) is 1.94. The first-order chi connectivity index (χ1) is 5.11. The Morgan fingerprint density at radius 3 is 2.58 bits per heavy atom. The zero-order valence-electron chi connectivity index (χ0n) is 7.03. The number of aliphatic hydroxyl groups excluding tert-OH is 1. The van der Waals surface area contributed by atoms with Gasteiger partial charge in [-0.25, -0.2) is 0 Å². The Kier molecular flexibility index (Phi) is 4.16. The second-order valence-electron chi connectivity index (χ2n) is 3.06. The highest BCUT2D eigenvalue weighted by Gasteiger charge is 2.31. The summed E-state index contributed by atoms with van der Waals surface area (Å²) in [6.07, 6.45) is -0.100. The topological polar surface area (TPSA) is 92.3 Å². The van der Waals surface area contributed by atoms with Crippen LogP contribution in [0, 0.1) is 5.92 Å². The number of rotatable bonds is 1. The Morgan fingerprint density at radius 1 is 1.58 bits per heavy atom. The van der Waals surface area contributed by atoms with E-state index in [1.54, 1.807) is 0 Å². The van der Waals surface area contributed by atoms with Crippen molar-refractivity contribution in [1.82, 2.24) is 4.90 Å². The fraction of sp³-hybridized carbons (Fsp3) is 0.857. The lowest BCUT2D eigenvalue weighted by Gasteiger charge is -2.31. The molecule has 1 aliphatic rings. The first kappa shape index (κ1) is 11.4. The molecule has 1 heterocycles. The van der Waals surface area contributed by atoms with Gasteiger partial charge in [0.1, 0.15) is 0 Å². The molecule has 0 saturated carbocycles. The molecule has 0 unspecified atom stereocenters. The molecule has 5 nitrogen and oxygen atoms in total. The number of piperidine rings is 1. The Bertz CT molecular complexity index is 161. The Balaban J connectivity index is 0.00000121. The third-order valence-corrected chi connectivity index (χ3v) is 2.10. The molecule has 0 aromatic heterocycles.